The van der Waals surface area contributed by atoms with Crippen LogP contribution in [0.1, 0.15) is 6.92 Å². The molecule has 4 nitrogen and oxygen atoms in total. The van der Waals surface area contributed by atoms with Gasteiger partial charge >= 0.3 is 0 Å². The van der Waals surface area contributed by atoms with Crippen molar-refractivity contribution in [2.75, 3.05) is 53.5 Å². The van der Waals surface area contributed by atoms with Crippen LogP contribution in [0.5, 0.6) is 0 Å². The highest BCUT2D eigenvalue weighted by molar-refractivity contribution is 5.85. The van der Waals surface area contributed by atoms with Crippen LogP contribution < -0.4 is 5.73 Å². The number of nitrogens with two attached hydrogens (primary N) is 1. The third-order valence-electron chi connectivity index (χ3n) is 3.13. The maximum Gasteiger partial charge on any atom is 0.0594 e. The molecule has 0 spiro atoms. The normalized spacial score (nSPS) is 26.1. The first-order chi connectivity index (χ1) is 7.15. The van der Waals surface area contributed by atoms with Gasteiger partial charge in [0.25, 0.3) is 0 Å². The second kappa shape index (κ2) is 8.25. The lowest BCUT2D eigenvalue weighted by Gasteiger charge is -2.22. The molecule has 0 aliphatic carbocycles. The highest BCUT2D eigenvalue weighted by Gasteiger charge is 2.30. The summed E-state index contributed by atoms with van der Waals surface area (Å²) in [6.07, 6.45) is 0. The van der Waals surface area contributed by atoms with E-state index in [2.05, 4.69) is 30.8 Å². The zero-order valence-corrected chi connectivity index (χ0v) is 11.5. The van der Waals surface area contributed by atoms with Crippen LogP contribution in [0.3, 0.4) is 0 Å². The molecule has 2 N–H and O–H groups in total. The van der Waals surface area contributed by atoms with Crippen LogP contribution in [-0.2, 0) is 4.74 Å². The topological polar surface area (TPSA) is 41.7 Å². The second-order valence-electron chi connectivity index (χ2n) is 4.67. The highest BCUT2D eigenvalue weighted by Crippen LogP contribution is 2.19. The molecular formula is C11H26ClN3O. The van der Waals surface area contributed by atoms with Crippen LogP contribution >= 0.6 is 12.4 Å². The van der Waals surface area contributed by atoms with Crippen molar-refractivity contribution < 1.29 is 4.74 Å². The maximum absolute atomic E-state index is 5.40. The Morgan fingerprint density at radius 2 is 2.00 bits per heavy atom. The van der Waals surface area contributed by atoms with Gasteiger partial charge in [-0.05, 0) is 20.0 Å². The van der Waals surface area contributed by atoms with Gasteiger partial charge in [0.2, 0.25) is 0 Å². The van der Waals surface area contributed by atoms with Gasteiger partial charge in [0.1, 0.15) is 0 Å². The van der Waals surface area contributed by atoms with Crippen molar-refractivity contribution in [1.82, 2.24) is 9.80 Å². The molecule has 16 heavy (non-hydrogen) atoms. The minimum absolute atomic E-state index is 0. The smallest absolute Gasteiger partial charge is 0.0594 e. The summed E-state index contributed by atoms with van der Waals surface area (Å²) in [5, 5.41) is 0. The Labute approximate surface area is 106 Å². The van der Waals surface area contributed by atoms with Crippen molar-refractivity contribution in [3.05, 3.63) is 0 Å². The minimum atomic E-state index is 0. The van der Waals surface area contributed by atoms with E-state index in [0.717, 1.165) is 19.1 Å². The molecule has 1 fully saturated rings. The summed E-state index contributed by atoms with van der Waals surface area (Å²) in [6.45, 7) is 7.83. The van der Waals surface area contributed by atoms with E-state index in [4.69, 9.17) is 10.5 Å². The molecule has 0 radical (unpaired) electrons. The molecule has 0 aromatic heterocycles. The number of halogens is 1. The molecule has 1 aliphatic heterocycles. The maximum atomic E-state index is 5.40. The van der Waals surface area contributed by atoms with Crippen molar-refractivity contribution in [2.24, 2.45) is 11.7 Å². The fraction of sp³-hybridized carbons (Fsp3) is 1.00. The SMILES string of the molecule is CC1CN(CCOCCN)CC1N(C)C.Cl. The third-order valence-corrected chi connectivity index (χ3v) is 3.13. The molecule has 2 unspecified atom stereocenters. The van der Waals surface area contributed by atoms with Crippen molar-refractivity contribution in [2.45, 2.75) is 13.0 Å². The highest BCUT2D eigenvalue weighted by atomic mass is 35.5. The van der Waals surface area contributed by atoms with Gasteiger partial charge in [0, 0.05) is 32.2 Å². The first-order valence-corrected chi connectivity index (χ1v) is 5.81. The molecule has 2 atom stereocenters. The lowest BCUT2D eigenvalue weighted by atomic mass is 10.1. The number of hydrogen-bond donors (Lipinski definition) is 1. The van der Waals surface area contributed by atoms with Crippen LogP contribution in [0.15, 0.2) is 0 Å². The fourth-order valence-corrected chi connectivity index (χ4v) is 2.28. The van der Waals surface area contributed by atoms with Crippen molar-refractivity contribution >= 4 is 12.4 Å². The Kier molecular flexibility index (Phi) is 8.32. The molecule has 98 valence electrons. The van der Waals surface area contributed by atoms with Crippen molar-refractivity contribution in [3.8, 4) is 0 Å². The van der Waals surface area contributed by atoms with Gasteiger partial charge in [-0.15, -0.1) is 12.4 Å². The Morgan fingerprint density at radius 3 is 2.50 bits per heavy atom. The summed E-state index contributed by atoms with van der Waals surface area (Å²) >= 11 is 0. The summed E-state index contributed by atoms with van der Waals surface area (Å²) in [7, 11) is 4.32. The van der Waals surface area contributed by atoms with Gasteiger partial charge in [0.05, 0.1) is 13.2 Å². The monoisotopic (exact) mass is 251 g/mol. The Hall–Kier alpha value is 0.130. The average molecular weight is 252 g/mol. The van der Waals surface area contributed by atoms with E-state index in [1.54, 1.807) is 0 Å². The van der Waals surface area contributed by atoms with E-state index in [1.165, 1.54) is 13.1 Å². The van der Waals surface area contributed by atoms with Gasteiger partial charge in [-0.3, -0.25) is 4.90 Å². The molecule has 5 heteroatoms. The van der Waals surface area contributed by atoms with Gasteiger partial charge in [-0.1, -0.05) is 6.92 Å². The molecule has 0 saturated carbocycles. The molecule has 1 rings (SSSR count). The number of rotatable bonds is 6. The first kappa shape index (κ1) is 16.1. The Morgan fingerprint density at radius 1 is 1.31 bits per heavy atom. The number of nitrogens with zero attached hydrogens (tertiary/aromatic N) is 2. The minimum Gasteiger partial charge on any atom is -0.379 e. The molecule has 1 saturated heterocycles. The van der Waals surface area contributed by atoms with Gasteiger partial charge in [-0.2, -0.15) is 0 Å². The summed E-state index contributed by atoms with van der Waals surface area (Å²) in [4.78, 5) is 4.80. The van der Waals surface area contributed by atoms with Crippen LogP contribution in [0.25, 0.3) is 0 Å². The summed E-state index contributed by atoms with van der Waals surface area (Å²) < 4.78 is 5.40. The van der Waals surface area contributed by atoms with Gasteiger partial charge in [-0.25, -0.2) is 0 Å². The molecule has 0 aromatic rings. The van der Waals surface area contributed by atoms with Crippen LogP contribution in [0.4, 0.5) is 0 Å². The molecule has 0 amide bonds. The van der Waals surface area contributed by atoms with Crippen molar-refractivity contribution in [1.29, 1.82) is 0 Å². The summed E-state index contributed by atoms with van der Waals surface area (Å²) in [6, 6.07) is 0.694. The summed E-state index contributed by atoms with van der Waals surface area (Å²) in [5.41, 5.74) is 5.36. The first-order valence-electron chi connectivity index (χ1n) is 5.81. The fourth-order valence-electron chi connectivity index (χ4n) is 2.28. The standard InChI is InChI=1S/C11H25N3O.ClH/c1-10-8-14(5-7-15-6-4-12)9-11(10)13(2)3;/h10-11H,4-9,12H2,1-3H3;1H. The largest absolute Gasteiger partial charge is 0.379 e. The van der Waals surface area contributed by atoms with E-state index in [9.17, 15) is 0 Å². The summed E-state index contributed by atoms with van der Waals surface area (Å²) in [5.74, 6) is 0.759. The van der Waals surface area contributed by atoms with Gasteiger partial charge < -0.3 is 15.4 Å². The predicted molar refractivity (Wildman–Crippen MR) is 70.2 cm³/mol. The van der Waals surface area contributed by atoms with E-state index < -0.39 is 0 Å². The number of likely N-dealkylation sites (N-methyl/N-ethyl adjacent to an activating group) is 1. The van der Waals surface area contributed by atoms with Crippen molar-refractivity contribution in [3.63, 3.8) is 0 Å². The van der Waals surface area contributed by atoms with Crippen LogP contribution in [0, 0.1) is 5.92 Å². The molecule has 1 heterocycles. The molecule has 0 bridgehead atoms. The molecule has 0 aromatic carbocycles. The zero-order chi connectivity index (χ0) is 11.3. The zero-order valence-electron chi connectivity index (χ0n) is 10.7. The lowest BCUT2D eigenvalue weighted by Crippen LogP contribution is -2.35. The average Bonchev–Trinajstić information content (AvgIpc) is 2.55. The Balaban J connectivity index is 0.00000225. The second-order valence-corrected chi connectivity index (χ2v) is 4.67. The quantitative estimate of drug-likeness (QED) is 0.688. The van der Waals surface area contributed by atoms with E-state index in [0.29, 0.717) is 19.2 Å². The van der Waals surface area contributed by atoms with E-state index >= 15 is 0 Å². The third kappa shape index (κ3) is 4.97. The number of ether oxygens (including phenoxy) is 1. The van der Waals surface area contributed by atoms with Crippen LogP contribution in [0.2, 0.25) is 0 Å². The molecular weight excluding hydrogens is 226 g/mol. The molecule has 1 aliphatic rings. The Bertz CT molecular complexity index is 181. The predicted octanol–water partition coefficient (Wildman–Crippen LogP) is 0.265. The van der Waals surface area contributed by atoms with E-state index in [-0.39, 0.29) is 12.4 Å². The number of likely N-dealkylation sites (tertiary alicyclic amines) is 1. The number of hydrogen-bond acceptors (Lipinski definition) is 4. The lowest BCUT2D eigenvalue weighted by molar-refractivity contribution is 0.114. The van der Waals surface area contributed by atoms with Crippen LogP contribution in [-0.4, -0.2) is 69.3 Å². The van der Waals surface area contributed by atoms with E-state index in [1.807, 2.05) is 0 Å². The van der Waals surface area contributed by atoms with Gasteiger partial charge in [0.15, 0.2) is 0 Å².